The zero-order chi connectivity index (χ0) is 9.68. The van der Waals surface area contributed by atoms with E-state index in [0.717, 1.165) is 11.1 Å². The molecule has 1 aromatic carbocycles. The first-order chi connectivity index (χ1) is 6.24. The number of rotatable bonds is 2. The normalized spacial score (nSPS) is 12.4. The van der Waals surface area contributed by atoms with Crippen LogP contribution >= 0.6 is 0 Å². The molecule has 0 fully saturated rings. The maximum absolute atomic E-state index is 12.6. The first kappa shape index (κ1) is 9.72. The van der Waals surface area contributed by atoms with E-state index >= 15 is 0 Å². The zero-order valence-electron chi connectivity index (χ0n) is 7.92. The van der Waals surface area contributed by atoms with Gasteiger partial charge in [0.2, 0.25) is 0 Å². The number of allylic oxidation sites excluding steroid dienone is 4. The van der Waals surface area contributed by atoms with Crippen molar-refractivity contribution in [3.05, 3.63) is 53.9 Å². The van der Waals surface area contributed by atoms with Crippen molar-refractivity contribution in [2.24, 2.45) is 0 Å². The Labute approximate surface area is 78.4 Å². The molecule has 0 spiro atoms. The molecule has 1 aromatic rings. The van der Waals surface area contributed by atoms with Crippen molar-refractivity contribution < 1.29 is 4.39 Å². The van der Waals surface area contributed by atoms with Crippen LogP contribution in [-0.4, -0.2) is 0 Å². The van der Waals surface area contributed by atoms with E-state index in [0.29, 0.717) is 0 Å². The molecule has 0 aliphatic heterocycles. The summed E-state index contributed by atoms with van der Waals surface area (Å²) in [5, 5.41) is 0. The van der Waals surface area contributed by atoms with E-state index < -0.39 is 0 Å². The lowest BCUT2D eigenvalue weighted by atomic mass is 10.1. The minimum absolute atomic E-state index is 0.192. The summed E-state index contributed by atoms with van der Waals surface area (Å²) in [4.78, 5) is 0. The van der Waals surface area contributed by atoms with Gasteiger partial charge in [-0.3, -0.25) is 0 Å². The van der Waals surface area contributed by atoms with Crippen LogP contribution in [0.2, 0.25) is 0 Å². The predicted molar refractivity (Wildman–Crippen MR) is 54.9 cm³/mol. The Morgan fingerprint density at radius 3 is 2.38 bits per heavy atom. The Morgan fingerprint density at radius 2 is 1.85 bits per heavy atom. The quantitative estimate of drug-likeness (QED) is 0.601. The van der Waals surface area contributed by atoms with Crippen molar-refractivity contribution >= 4 is 5.57 Å². The van der Waals surface area contributed by atoms with Crippen molar-refractivity contribution in [1.82, 2.24) is 0 Å². The highest BCUT2D eigenvalue weighted by Gasteiger charge is 1.93. The Balaban J connectivity index is 2.89. The van der Waals surface area contributed by atoms with Crippen LogP contribution in [0.25, 0.3) is 5.57 Å². The Kier molecular flexibility index (Phi) is 3.44. The van der Waals surface area contributed by atoms with E-state index in [1.165, 1.54) is 12.1 Å². The third kappa shape index (κ3) is 2.86. The van der Waals surface area contributed by atoms with Gasteiger partial charge in [0.15, 0.2) is 0 Å². The molecule has 0 N–H and O–H groups in total. The number of hydrogen-bond donors (Lipinski definition) is 0. The van der Waals surface area contributed by atoms with E-state index in [-0.39, 0.29) is 5.82 Å². The van der Waals surface area contributed by atoms with Crippen LogP contribution in [0.3, 0.4) is 0 Å². The van der Waals surface area contributed by atoms with Crippen LogP contribution in [0.15, 0.2) is 42.5 Å². The van der Waals surface area contributed by atoms with E-state index in [1.54, 1.807) is 12.1 Å². The molecule has 0 aliphatic carbocycles. The van der Waals surface area contributed by atoms with Crippen molar-refractivity contribution in [2.75, 3.05) is 0 Å². The average molecular weight is 176 g/mol. The van der Waals surface area contributed by atoms with Crippen LogP contribution in [0.1, 0.15) is 19.4 Å². The molecular formula is C12H13F. The predicted octanol–water partition coefficient (Wildman–Crippen LogP) is 3.81. The SMILES string of the molecule is C/C=C\C=C(/C)c1ccc(F)cc1. The van der Waals surface area contributed by atoms with Gasteiger partial charge in [-0.1, -0.05) is 30.4 Å². The molecule has 0 aromatic heterocycles. The van der Waals surface area contributed by atoms with Gasteiger partial charge in [-0.05, 0) is 37.1 Å². The summed E-state index contributed by atoms with van der Waals surface area (Å²) in [5.74, 6) is -0.192. The second kappa shape index (κ2) is 4.61. The molecular weight excluding hydrogens is 163 g/mol. The fraction of sp³-hybridized carbons (Fsp3) is 0.167. The van der Waals surface area contributed by atoms with Gasteiger partial charge in [0.25, 0.3) is 0 Å². The van der Waals surface area contributed by atoms with E-state index in [1.807, 2.05) is 32.1 Å². The Morgan fingerprint density at radius 1 is 1.23 bits per heavy atom. The smallest absolute Gasteiger partial charge is 0.123 e. The monoisotopic (exact) mass is 176 g/mol. The summed E-state index contributed by atoms with van der Waals surface area (Å²) in [6.45, 7) is 3.97. The molecule has 0 atom stereocenters. The van der Waals surface area contributed by atoms with Gasteiger partial charge < -0.3 is 0 Å². The third-order valence-electron chi connectivity index (χ3n) is 1.84. The van der Waals surface area contributed by atoms with E-state index in [4.69, 9.17) is 0 Å². The molecule has 1 heteroatoms. The highest BCUT2D eigenvalue weighted by atomic mass is 19.1. The fourth-order valence-corrected chi connectivity index (χ4v) is 1.05. The number of hydrogen-bond acceptors (Lipinski definition) is 0. The topological polar surface area (TPSA) is 0 Å². The summed E-state index contributed by atoms with van der Waals surface area (Å²) in [7, 11) is 0. The second-order valence-electron chi connectivity index (χ2n) is 2.88. The van der Waals surface area contributed by atoms with Crippen LogP contribution in [0.4, 0.5) is 4.39 Å². The van der Waals surface area contributed by atoms with Gasteiger partial charge in [-0.15, -0.1) is 0 Å². The highest BCUT2D eigenvalue weighted by molar-refractivity contribution is 5.64. The van der Waals surface area contributed by atoms with Gasteiger partial charge in [0, 0.05) is 0 Å². The summed E-state index contributed by atoms with van der Waals surface area (Å²) in [5.41, 5.74) is 2.19. The molecule has 0 nitrogen and oxygen atoms in total. The molecule has 0 bridgehead atoms. The van der Waals surface area contributed by atoms with Crippen molar-refractivity contribution in [1.29, 1.82) is 0 Å². The minimum Gasteiger partial charge on any atom is -0.207 e. The van der Waals surface area contributed by atoms with Crippen LogP contribution in [0.5, 0.6) is 0 Å². The summed E-state index contributed by atoms with van der Waals surface area (Å²) < 4.78 is 12.6. The standard InChI is InChI=1S/C12H13F/c1-3-4-5-10(2)11-6-8-12(13)9-7-11/h3-9H,1-2H3/b4-3-,10-5+. The summed E-state index contributed by atoms with van der Waals surface area (Å²) in [6.07, 6.45) is 5.94. The van der Waals surface area contributed by atoms with Crippen LogP contribution in [-0.2, 0) is 0 Å². The van der Waals surface area contributed by atoms with E-state index in [2.05, 4.69) is 0 Å². The lowest BCUT2D eigenvalue weighted by Crippen LogP contribution is -1.79. The number of halogens is 1. The van der Waals surface area contributed by atoms with Crippen molar-refractivity contribution in [2.45, 2.75) is 13.8 Å². The van der Waals surface area contributed by atoms with Gasteiger partial charge in [-0.25, -0.2) is 4.39 Å². The lowest BCUT2D eigenvalue weighted by molar-refractivity contribution is 0.627. The molecule has 0 unspecified atom stereocenters. The largest absolute Gasteiger partial charge is 0.207 e. The van der Waals surface area contributed by atoms with Gasteiger partial charge in [-0.2, -0.15) is 0 Å². The Hall–Kier alpha value is -1.37. The molecule has 0 saturated carbocycles. The first-order valence-electron chi connectivity index (χ1n) is 4.29. The van der Waals surface area contributed by atoms with Gasteiger partial charge >= 0.3 is 0 Å². The van der Waals surface area contributed by atoms with Gasteiger partial charge in [0.1, 0.15) is 5.82 Å². The molecule has 0 saturated heterocycles. The lowest BCUT2D eigenvalue weighted by Gasteiger charge is -1.99. The first-order valence-corrected chi connectivity index (χ1v) is 4.29. The molecule has 0 amide bonds. The Bertz CT molecular complexity index is 317. The minimum atomic E-state index is -0.192. The molecule has 0 aliphatic rings. The number of benzene rings is 1. The van der Waals surface area contributed by atoms with Crippen LogP contribution < -0.4 is 0 Å². The van der Waals surface area contributed by atoms with Crippen molar-refractivity contribution in [3.63, 3.8) is 0 Å². The molecule has 13 heavy (non-hydrogen) atoms. The van der Waals surface area contributed by atoms with Gasteiger partial charge in [0.05, 0.1) is 0 Å². The molecule has 0 radical (unpaired) electrons. The summed E-state index contributed by atoms with van der Waals surface area (Å²) >= 11 is 0. The average Bonchev–Trinajstić information content (AvgIpc) is 2.15. The molecule has 0 heterocycles. The molecule has 1 rings (SSSR count). The maximum atomic E-state index is 12.6. The summed E-state index contributed by atoms with van der Waals surface area (Å²) in [6, 6.07) is 6.51. The third-order valence-corrected chi connectivity index (χ3v) is 1.84. The maximum Gasteiger partial charge on any atom is 0.123 e. The fourth-order valence-electron chi connectivity index (χ4n) is 1.05. The van der Waals surface area contributed by atoms with Crippen molar-refractivity contribution in [3.8, 4) is 0 Å². The molecule has 68 valence electrons. The zero-order valence-corrected chi connectivity index (χ0v) is 7.92. The highest BCUT2D eigenvalue weighted by Crippen LogP contribution is 2.13. The van der Waals surface area contributed by atoms with E-state index in [9.17, 15) is 4.39 Å². The second-order valence-corrected chi connectivity index (χ2v) is 2.88. The van der Waals surface area contributed by atoms with Crippen LogP contribution in [0, 0.1) is 5.82 Å².